The second kappa shape index (κ2) is 4.42. The van der Waals surface area contributed by atoms with Crippen molar-refractivity contribution >= 4 is 17.2 Å². The van der Waals surface area contributed by atoms with Crippen molar-refractivity contribution in [2.24, 2.45) is 5.41 Å². The van der Waals surface area contributed by atoms with Crippen LogP contribution in [0.3, 0.4) is 0 Å². The van der Waals surface area contributed by atoms with Crippen LogP contribution in [0.4, 0.5) is 0 Å². The van der Waals surface area contributed by atoms with Crippen molar-refractivity contribution in [1.29, 1.82) is 0 Å². The lowest BCUT2D eigenvalue weighted by Crippen LogP contribution is -2.39. The maximum atomic E-state index is 12.3. The van der Waals surface area contributed by atoms with Gasteiger partial charge in [0.05, 0.1) is 4.88 Å². The van der Waals surface area contributed by atoms with Gasteiger partial charge in [0, 0.05) is 13.1 Å². The third kappa shape index (κ3) is 2.11. The van der Waals surface area contributed by atoms with Crippen LogP contribution in [0.2, 0.25) is 0 Å². The molecule has 1 aromatic heterocycles. The molecule has 2 saturated heterocycles. The summed E-state index contributed by atoms with van der Waals surface area (Å²) in [6.07, 6.45) is 3.63. The Kier molecular flexibility index (Phi) is 2.92. The van der Waals surface area contributed by atoms with E-state index in [1.807, 2.05) is 17.5 Å². The topological polar surface area (TPSA) is 32.3 Å². The Bertz CT molecular complexity index is 396. The van der Waals surface area contributed by atoms with Crippen LogP contribution in [0, 0.1) is 5.41 Å². The molecule has 0 aromatic carbocycles. The summed E-state index contributed by atoms with van der Waals surface area (Å²) < 4.78 is 0. The molecule has 0 atom stereocenters. The third-order valence-corrected chi connectivity index (χ3v) is 4.98. The summed E-state index contributed by atoms with van der Waals surface area (Å²) in [7, 11) is 0. The van der Waals surface area contributed by atoms with Crippen molar-refractivity contribution in [1.82, 2.24) is 10.2 Å². The standard InChI is InChI=1S/C13H18N2OS/c16-12(11-2-1-9-17-11)15-8-5-13(10-15)3-6-14-7-4-13/h1-2,9,14H,3-8,10H2. The van der Waals surface area contributed by atoms with Gasteiger partial charge in [0.25, 0.3) is 5.91 Å². The first-order valence-electron chi connectivity index (χ1n) is 6.33. The van der Waals surface area contributed by atoms with Gasteiger partial charge in [0.2, 0.25) is 0 Å². The van der Waals surface area contributed by atoms with Crippen molar-refractivity contribution < 1.29 is 4.79 Å². The molecule has 0 unspecified atom stereocenters. The molecule has 3 rings (SSSR count). The highest BCUT2D eigenvalue weighted by molar-refractivity contribution is 7.12. The minimum atomic E-state index is 0.232. The van der Waals surface area contributed by atoms with Crippen molar-refractivity contribution in [2.45, 2.75) is 19.3 Å². The van der Waals surface area contributed by atoms with Gasteiger partial charge in [-0.05, 0) is 49.2 Å². The predicted molar refractivity (Wildman–Crippen MR) is 69.4 cm³/mol. The van der Waals surface area contributed by atoms with Crippen LogP contribution >= 0.6 is 11.3 Å². The smallest absolute Gasteiger partial charge is 0.263 e. The highest BCUT2D eigenvalue weighted by atomic mass is 32.1. The fourth-order valence-corrected chi connectivity index (χ4v) is 3.72. The summed E-state index contributed by atoms with van der Waals surface area (Å²) in [5.74, 6) is 0.232. The van der Waals surface area contributed by atoms with Gasteiger partial charge in [0.1, 0.15) is 0 Å². The van der Waals surface area contributed by atoms with E-state index >= 15 is 0 Å². The number of rotatable bonds is 1. The maximum Gasteiger partial charge on any atom is 0.263 e. The zero-order valence-corrected chi connectivity index (χ0v) is 10.8. The lowest BCUT2D eigenvalue weighted by molar-refractivity contribution is 0.0766. The number of thiophene rings is 1. The molecule has 0 aliphatic carbocycles. The van der Waals surface area contributed by atoms with Gasteiger partial charge in [-0.3, -0.25) is 4.79 Å². The third-order valence-electron chi connectivity index (χ3n) is 4.12. The largest absolute Gasteiger partial charge is 0.337 e. The maximum absolute atomic E-state index is 12.3. The number of nitrogens with zero attached hydrogens (tertiary/aromatic N) is 1. The molecule has 17 heavy (non-hydrogen) atoms. The average molecular weight is 250 g/mol. The summed E-state index contributed by atoms with van der Waals surface area (Å²) in [5.41, 5.74) is 0.415. The van der Waals surface area contributed by atoms with Crippen LogP contribution in [0.25, 0.3) is 0 Å². The fraction of sp³-hybridized carbons (Fsp3) is 0.615. The monoisotopic (exact) mass is 250 g/mol. The van der Waals surface area contributed by atoms with Crippen LogP contribution in [-0.2, 0) is 0 Å². The number of hydrogen-bond acceptors (Lipinski definition) is 3. The Balaban J connectivity index is 1.69. The number of carbonyl (C=O) groups excluding carboxylic acids is 1. The number of hydrogen-bond donors (Lipinski definition) is 1. The molecular formula is C13H18N2OS. The molecule has 2 aliphatic heterocycles. The molecule has 3 nitrogen and oxygen atoms in total. The van der Waals surface area contributed by atoms with E-state index in [4.69, 9.17) is 0 Å². The van der Waals surface area contributed by atoms with Gasteiger partial charge in [-0.25, -0.2) is 0 Å². The highest BCUT2D eigenvalue weighted by Gasteiger charge is 2.40. The summed E-state index contributed by atoms with van der Waals surface area (Å²) in [4.78, 5) is 15.2. The summed E-state index contributed by atoms with van der Waals surface area (Å²) >= 11 is 1.55. The Morgan fingerprint density at radius 1 is 1.35 bits per heavy atom. The zero-order valence-electron chi connectivity index (χ0n) is 9.95. The quantitative estimate of drug-likeness (QED) is 0.826. The van der Waals surface area contributed by atoms with Gasteiger partial charge >= 0.3 is 0 Å². The van der Waals surface area contributed by atoms with Crippen molar-refractivity contribution in [2.75, 3.05) is 26.2 Å². The zero-order chi connectivity index (χ0) is 11.7. The van der Waals surface area contributed by atoms with Crippen molar-refractivity contribution in [3.63, 3.8) is 0 Å². The number of nitrogens with one attached hydrogen (secondary N) is 1. The molecule has 1 N–H and O–H groups in total. The number of carbonyl (C=O) groups is 1. The summed E-state index contributed by atoms with van der Waals surface area (Å²) in [6, 6.07) is 3.88. The molecule has 0 bridgehead atoms. The Morgan fingerprint density at radius 2 is 2.18 bits per heavy atom. The second-order valence-corrected chi connectivity index (χ2v) is 6.15. The van der Waals surface area contributed by atoms with E-state index in [9.17, 15) is 4.79 Å². The molecule has 92 valence electrons. The summed E-state index contributed by atoms with van der Waals surface area (Å²) in [6.45, 7) is 4.13. The molecule has 1 amide bonds. The Labute approximate surface area is 106 Å². The predicted octanol–water partition coefficient (Wildman–Crippen LogP) is 1.96. The highest BCUT2D eigenvalue weighted by Crippen LogP contribution is 2.39. The van der Waals surface area contributed by atoms with Gasteiger partial charge in [-0.1, -0.05) is 6.07 Å². The molecule has 0 radical (unpaired) electrons. The normalized spacial score (nSPS) is 23.2. The molecule has 2 aliphatic rings. The molecule has 1 spiro atoms. The first-order chi connectivity index (χ1) is 8.29. The molecule has 0 saturated carbocycles. The van der Waals surface area contributed by atoms with E-state index in [0.29, 0.717) is 5.41 Å². The molecule has 4 heteroatoms. The second-order valence-electron chi connectivity index (χ2n) is 5.20. The van der Waals surface area contributed by atoms with Crippen LogP contribution < -0.4 is 5.32 Å². The Hall–Kier alpha value is -0.870. The number of amides is 1. The first-order valence-corrected chi connectivity index (χ1v) is 7.21. The minimum absolute atomic E-state index is 0.232. The molecule has 3 heterocycles. The van der Waals surface area contributed by atoms with E-state index in [-0.39, 0.29) is 5.91 Å². The Morgan fingerprint density at radius 3 is 2.88 bits per heavy atom. The number of likely N-dealkylation sites (tertiary alicyclic amines) is 1. The van der Waals surface area contributed by atoms with Crippen LogP contribution in [-0.4, -0.2) is 37.0 Å². The van der Waals surface area contributed by atoms with E-state index < -0.39 is 0 Å². The molecular weight excluding hydrogens is 232 g/mol. The van der Waals surface area contributed by atoms with Gasteiger partial charge in [-0.15, -0.1) is 11.3 Å². The first kappa shape index (κ1) is 11.2. The lowest BCUT2D eigenvalue weighted by atomic mass is 9.78. The van der Waals surface area contributed by atoms with Gasteiger partial charge in [-0.2, -0.15) is 0 Å². The van der Waals surface area contributed by atoms with E-state index in [0.717, 1.165) is 31.1 Å². The number of piperidine rings is 1. The van der Waals surface area contributed by atoms with Crippen LogP contribution in [0.15, 0.2) is 17.5 Å². The fourth-order valence-electron chi connectivity index (χ4n) is 3.03. The van der Waals surface area contributed by atoms with E-state index in [1.165, 1.54) is 19.3 Å². The van der Waals surface area contributed by atoms with Crippen molar-refractivity contribution in [3.8, 4) is 0 Å². The van der Waals surface area contributed by atoms with Gasteiger partial charge in [0.15, 0.2) is 0 Å². The molecule has 2 fully saturated rings. The average Bonchev–Trinajstić information content (AvgIpc) is 2.99. The SMILES string of the molecule is O=C(c1cccs1)N1CCC2(CCNCC2)C1. The van der Waals surface area contributed by atoms with Gasteiger partial charge < -0.3 is 10.2 Å². The van der Waals surface area contributed by atoms with E-state index in [2.05, 4.69) is 10.2 Å². The van der Waals surface area contributed by atoms with Crippen LogP contribution in [0.1, 0.15) is 28.9 Å². The van der Waals surface area contributed by atoms with E-state index in [1.54, 1.807) is 11.3 Å². The minimum Gasteiger partial charge on any atom is -0.337 e. The summed E-state index contributed by atoms with van der Waals surface area (Å²) in [5, 5.41) is 5.38. The lowest BCUT2D eigenvalue weighted by Gasteiger charge is -2.33. The molecule has 1 aromatic rings. The van der Waals surface area contributed by atoms with Crippen LogP contribution in [0.5, 0.6) is 0 Å². The van der Waals surface area contributed by atoms with Crippen molar-refractivity contribution in [3.05, 3.63) is 22.4 Å².